The molecule has 0 atom stereocenters. The van der Waals surface area contributed by atoms with Crippen LogP contribution in [0.25, 0.3) is 0 Å². The summed E-state index contributed by atoms with van der Waals surface area (Å²) in [6.45, 7) is 0. The van der Waals surface area contributed by atoms with E-state index in [2.05, 4.69) is 243 Å². The minimum atomic E-state index is 1.23. The van der Waals surface area contributed by atoms with E-state index in [1.165, 1.54) is 97.9 Å². The van der Waals surface area contributed by atoms with Gasteiger partial charge in [-0.3, -0.25) is 0 Å². The fourth-order valence-corrected chi connectivity index (χ4v) is 15.3. The highest BCUT2D eigenvalue weighted by Gasteiger charge is 2.09. The Bertz CT molecular complexity index is 2300. The van der Waals surface area contributed by atoms with Gasteiger partial charge in [0.25, 0.3) is 0 Å². The molecule has 0 aromatic heterocycles. The summed E-state index contributed by atoms with van der Waals surface area (Å²) in [7, 11) is 0. The minimum Gasteiger partial charge on any atom is -0.0901 e. The molecule has 28 heterocycles. The van der Waals surface area contributed by atoms with Gasteiger partial charge in [0.15, 0.2) is 0 Å². The van der Waals surface area contributed by atoms with Crippen LogP contribution in [0.4, 0.5) is 0 Å². The topological polar surface area (TPSA) is 0 Å². The SMILES string of the molecule is c1cc2ccc1Sc1ccc(cc1)Sc1ccc(cc1)Sc1ccc(cc1)Sc1ccc(cc1)Sc1ccc(cc1)Sc1ccc(cc1)Sc1ccc(cc1)Sc1ccc(cc1)Sc1ccc(cc1)S2. The van der Waals surface area contributed by atoms with Crippen molar-refractivity contribution in [1.82, 2.24) is 0 Å². The smallest absolute Gasteiger partial charge is 0.0123 e. The highest BCUT2D eigenvalue weighted by molar-refractivity contribution is 8.01. The van der Waals surface area contributed by atoms with Crippen LogP contribution in [0.3, 0.4) is 0 Å². The first-order chi connectivity index (χ1) is 34.5. The average Bonchev–Trinajstić information content (AvgIpc) is 3.39. The van der Waals surface area contributed by atoms with Gasteiger partial charge in [-0.1, -0.05) is 118 Å². The molecule has 0 saturated heterocycles. The predicted molar refractivity (Wildman–Crippen MR) is 306 cm³/mol. The van der Waals surface area contributed by atoms with Crippen LogP contribution < -0.4 is 0 Å². The molecule has 0 nitrogen and oxygen atoms in total. The van der Waals surface area contributed by atoms with Gasteiger partial charge >= 0.3 is 0 Å². The van der Waals surface area contributed by atoms with Gasteiger partial charge in [-0.05, 0) is 243 Å². The van der Waals surface area contributed by atoms with Crippen LogP contribution in [0.1, 0.15) is 0 Å². The number of rotatable bonds is 0. The van der Waals surface area contributed by atoms with Crippen molar-refractivity contribution in [2.24, 2.45) is 0 Å². The van der Waals surface area contributed by atoms with Gasteiger partial charge in [0.05, 0.1) is 0 Å². The van der Waals surface area contributed by atoms with Crippen LogP contribution >= 0.6 is 118 Å². The van der Waals surface area contributed by atoms with Crippen molar-refractivity contribution >= 4 is 118 Å². The zero-order valence-corrected chi connectivity index (χ0v) is 45.3. The lowest BCUT2D eigenvalue weighted by atomic mass is 10.3. The molecule has 20 bridgehead atoms. The van der Waals surface area contributed by atoms with E-state index in [4.69, 9.17) is 0 Å². The molecule has 28 aliphatic rings. The predicted octanol–water partition coefficient (Wildman–Crippen LogP) is 21.5. The van der Waals surface area contributed by atoms with Crippen molar-refractivity contribution in [2.75, 3.05) is 0 Å². The van der Waals surface area contributed by atoms with Crippen LogP contribution in [0.5, 0.6) is 0 Å². The molecule has 0 N–H and O–H groups in total. The van der Waals surface area contributed by atoms with Crippen molar-refractivity contribution in [3.8, 4) is 0 Å². The third kappa shape index (κ3) is 13.6. The third-order valence-corrected chi connectivity index (χ3v) is 20.8. The van der Waals surface area contributed by atoms with Crippen LogP contribution in [0.15, 0.2) is 341 Å². The summed E-state index contributed by atoms with van der Waals surface area (Å²) >= 11 is 18.0. The molecule has 0 fully saturated rings. The van der Waals surface area contributed by atoms with E-state index in [1.54, 1.807) is 118 Å². The number of hydrogen-bond acceptors (Lipinski definition) is 10. The van der Waals surface area contributed by atoms with Gasteiger partial charge < -0.3 is 0 Å². The normalized spacial score (nSPS) is 13.1. The maximum Gasteiger partial charge on any atom is 0.0123 e. The first kappa shape index (κ1) is 48.0. The quantitative estimate of drug-likeness (QED) is 0.143. The second-order valence-corrected chi connectivity index (χ2v) is 27.2. The Balaban J connectivity index is 0.760. The monoisotopic (exact) mass is 1080 g/mol. The summed E-state index contributed by atoms with van der Waals surface area (Å²) in [5, 5.41) is 0. The Morgan fingerprint density at radius 2 is 0.129 bits per heavy atom. The first-order valence-electron chi connectivity index (χ1n) is 22.3. The molecule has 0 unspecified atom stereocenters. The van der Waals surface area contributed by atoms with E-state index in [-0.39, 0.29) is 0 Å². The minimum absolute atomic E-state index is 1.23. The van der Waals surface area contributed by atoms with E-state index < -0.39 is 0 Å². The Morgan fingerprint density at radius 1 is 0.0857 bits per heavy atom. The Hall–Kier alpha value is -4.30. The molecule has 0 amide bonds. The van der Waals surface area contributed by atoms with Gasteiger partial charge in [0.1, 0.15) is 0 Å². The van der Waals surface area contributed by atoms with E-state index in [1.807, 2.05) is 0 Å². The fraction of sp³-hybridized carbons (Fsp3) is 0. The Kier molecular flexibility index (Phi) is 16.1. The second-order valence-electron chi connectivity index (χ2n) is 15.7. The van der Waals surface area contributed by atoms with Crippen LogP contribution in [-0.2, 0) is 0 Å². The highest BCUT2D eigenvalue weighted by Crippen LogP contribution is 2.40. The van der Waals surface area contributed by atoms with Crippen LogP contribution in [0.2, 0.25) is 0 Å². The summed E-state index contributed by atoms with van der Waals surface area (Å²) in [6.07, 6.45) is 0. The van der Waals surface area contributed by atoms with E-state index in [0.717, 1.165) is 0 Å². The molecular formula is C60H40S10. The molecule has 0 aliphatic carbocycles. The molecule has 340 valence electrons. The fourth-order valence-electron chi connectivity index (χ4n) is 7.12. The molecule has 10 heteroatoms. The van der Waals surface area contributed by atoms with Crippen molar-refractivity contribution in [3.63, 3.8) is 0 Å². The first-order valence-corrected chi connectivity index (χ1v) is 30.5. The number of hydrogen-bond donors (Lipinski definition) is 0. The average molecular weight is 1080 g/mol. The van der Waals surface area contributed by atoms with Gasteiger partial charge in [-0.25, -0.2) is 0 Å². The molecule has 38 rings (SSSR count). The lowest BCUT2D eigenvalue weighted by Crippen LogP contribution is -1.80. The number of benzene rings is 10. The summed E-state index contributed by atoms with van der Waals surface area (Å²) < 4.78 is 0. The van der Waals surface area contributed by atoms with Gasteiger partial charge in [0, 0.05) is 97.9 Å². The third-order valence-electron chi connectivity index (χ3n) is 10.6. The maximum absolute atomic E-state index is 2.22. The molecule has 70 heavy (non-hydrogen) atoms. The lowest BCUT2D eigenvalue weighted by Gasteiger charge is -2.08. The molecule has 10 aromatic rings. The largest absolute Gasteiger partial charge is 0.0901 e. The summed E-state index contributed by atoms with van der Waals surface area (Å²) in [6, 6.07) is 89.0. The zero-order chi connectivity index (χ0) is 46.9. The lowest BCUT2D eigenvalue weighted by molar-refractivity contribution is 1.29. The molecule has 0 spiro atoms. The Morgan fingerprint density at radius 3 is 0.171 bits per heavy atom. The summed E-state index contributed by atoms with van der Waals surface area (Å²) in [5.74, 6) is 0. The molecule has 0 radical (unpaired) electrons. The van der Waals surface area contributed by atoms with E-state index in [9.17, 15) is 0 Å². The van der Waals surface area contributed by atoms with Crippen LogP contribution in [-0.4, -0.2) is 0 Å². The van der Waals surface area contributed by atoms with E-state index >= 15 is 0 Å². The summed E-state index contributed by atoms with van der Waals surface area (Å²) in [4.78, 5) is 24.7. The van der Waals surface area contributed by atoms with Crippen LogP contribution in [0, 0.1) is 0 Å². The second kappa shape index (κ2) is 23.5. The van der Waals surface area contributed by atoms with Gasteiger partial charge in [-0.2, -0.15) is 0 Å². The highest BCUT2D eigenvalue weighted by atomic mass is 32.2. The maximum atomic E-state index is 2.22. The molecule has 28 aliphatic heterocycles. The summed E-state index contributed by atoms with van der Waals surface area (Å²) in [5.41, 5.74) is 0. The standard InChI is InChI=1S/C60H40S10/c1-2-42-4-3-41(1)61-43-5-7-45(8-6-43)63-47-13-15-49(16-14-47)65-51-21-23-53(24-22-51)67-55-29-31-57(32-30-55)69-59-37-39-60(40-38-59)70-58-35-33-56(34-36-58)68-54-27-25-52(26-28-54)66-50-19-17-48(18-20-50)64-46-11-9-44(62-42)10-12-46/h1-40H. The zero-order valence-electron chi connectivity index (χ0n) is 37.2. The molecule has 0 saturated carbocycles. The van der Waals surface area contributed by atoms with Crippen molar-refractivity contribution in [2.45, 2.75) is 97.9 Å². The van der Waals surface area contributed by atoms with E-state index in [0.29, 0.717) is 0 Å². The van der Waals surface area contributed by atoms with Gasteiger partial charge in [0.2, 0.25) is 0 Å². The van der Waals surface area contributed by atoms with Gasteiger partial charge in [-0.15, -0.1) is 0 Å². The van der Waals surface area contributed by atoms with Crippen molar-refractivity contribution < 1.29 is 0 Å². The van der Waals surface area contributed by atoms with Crippen molar-refractivity contribution in [3.05, 3.63) is 243 Å². The molecule has 10 aromatic carbocycles. The Labute approximate surface area is 453 Å². The molecular weight excluding hydrogens is 1040 g/mol. The van der Waals surface area contributed by atoms with Crippen molar-refractivity contribution in [1.29, 1.82) is 0 Å².